The van der Waals surface area contributed by atoms with Crippen LogP contribution in [0.2, 0.25) is 0 Å². The van der Waals surface area contributed by atoms with Crippen LogP contribution in [-0.4, -0.2) is 14.2 Å². The summed E-state index contributed by atoms with van der Waals surface area (Å²) in [5, 5.41) is 0. The predicted molar refractivity (Wildman–Crippen MR) is 64.3 cm³/mol. The lowest BCUT2D eigenvalue weighted by Crippen LogP contribution is -1.80. The van der Waals surface area contributed by atoms with Crippen LogP contribution in [0.4, 0.5) is 0 Å². The van der Waals surface area contributed by atoms with E-state index in [4.69, 9.17) is 0 Å². The number of methoxy groups -OCH3 is 1. The largest absolute Gasteiger partial charge is 0.388 e. The molecule has 14 heavy (non-hydrogen) atoms. The average molecular weight is 190 g/mol. The fourth-order valence-electron chi connectivity index (χ4n) is 1.06. The smallest absolute Gasteiger partial charge is 0.0351 e. The van der Waals surface area contributed by atoms with E-state index in [0.717, 1.165) is 11.1 Å². The third kappa shape index (κ3) is 4.06. The van der Waals surface area contributed by atoms with Crippen LogP contribution < -0.4 is 0 Å². The van der Waals surface area contributed by atoms with Crippen LogP contribution in [0.5, 0.6) is 0 Å². The van der Waals surface area contributed by atoms with Gasteiger partial charge in [0.15, 0.2) is 0 Å². The summed E-state index contributed by atoms with van der Waals surface area (Å²) in [4.78, 5) is 0. The summed E-state index contributed by atoms with van der Waals surface area (Å²) in [5.74, 6) is 0. The maximum atomic E-state index is 4.25. The van der Waals surface area contributed by atoms with Crippen molar-refractivity contribution in [1.29, 1.82) is 0 Å². The maximum absolute atomic E-state index is 4.25. The first-order valence-electron chi connectivity index (χ1n) is 4.45. The van der Waals surface area contributed by atoms with Gasteiger partial charge in [0, 0.05) is 14.2 Å². The highest BCUT2D eigenvalue weighted by atomic mass is 16.4. The highest BCUT2D eigenvalue weighted by Gasteiger charge is 1.93. The van der Waals surface area contributed by atoms with Gasteiger partial charge in [-0.1, -0.05) is 49.1 Å². The van der Waals surface area contributed by atoms with Gasteiger partial charge in [0.25, 0.3) is 0 Å². The lowest BCUT2D eigenvalue weighted by molar-refractivity contribution is 0.277. The summed E-state index contributed by atoms with van der Waals surface area (Å²) < 4.78 is 4.25. The second-order valence-corrected chi connectivity index (χ2v) is 2.95. The molecule has 1 heteroatoms. The second kappa shape index (κ2) is 7.10. The van der Waals surface area contributed by atoms with Gasteiger partial charge < -0.3 is 4.74 Å². The van der Waals surface area contributed by atoms with Gasteiger partial charge in [-0.2, -0.15) is 0 Å². The van der Waals surface area contributed by atoms with Gasteiger partial charge >= 0.3 is 0 Å². The second-order valence-electron chi connectivity index (χ2n) is 2.95. The van der Waals surface area contributed by atoms with Crippen molar-refractivity contribution >= 4 is 12.2 Å². The molecule has 0 aliphatic carbocycles. The lowest BCUT2D eigenvalue weighted by Gasteiger charge is -2.00. The Morgan fingerprint density at radius 2 is 1.57 bits per heavy atom. The van der Waals surface area contributed by atoms with Crippen molar-refractivity contribution < 1.29 is 4.74 Å². The maximum Gasteiger partial charge on any atom is 0.0351 e. The predicted octanol–water partition coefficient (Wildman–Crippen LogP) is 3.54. The molecule has 0 atom stereocenters. The van der Waals surface area contributed by atoms with E-state index >= 15 is 0 Å². The zero-order chi connectivity index (χ0) is 11.0. The third-order valence-electron chi connectivity index (χ3n) is 1.68. The number of aryl methyl sites for hydroxylation is 1. The van der Waals surface area contributed by atoms with Crippen molar-refractivity contribution in [3.8, 4) is 0 Å². The number of rotatable bonds is 2. The molecule has 0 aliphatic rings. The van der Waals surface area contributed by atoms with Gasteiger partial charge in [-0.05, 0) is 18.1 Å². The molecule has 1 aromatic rings. The molecule has 1 nitrogen and oxygen atoms in total. The van der Waals surface area contributed by atoms with Crippen LogP contribution >= 0.6 is 0 Å². The normalized spacial score (nSPS) is 8.50. The first-order valence-corrected chi connectivity index (χ1v) is 4.45. The Bertz CT molecular complexity index is 300. The zero-order valence-electron chi connectivity index (χ0n) is 9.21. The van der Waals surface area contributed by atoms with Crippen molar-refractivity contribution in [2.45, 2.75) is 6.92 Å². The lowest BCUT2D eigenvalue weighted by atomic mass is 10.0. The highest BCUT2D eigenvalue weighted by Crippen LogP contribution is 2.13. The first kappa shape index (κ1) is 12.7. The molecule has 0 amide bonds. The summed E-state index contributed by atoms with van der Waals surface area (Å²) in [7, 11) is 3.25. The van der Waals surface area contributed by atoms with E-state index in [0.29, 0.717) is 0 Å². The Morgan fingerprint density at radius 3 is 2.00 bits per heavy atom. The molecule has 0 bridgehead atoms. The Kier molecular flexibility index (Phi) is 6.42. The van der Waals surface area contributed by atoms with E-state index in [9.17, 15) is 0 Å². The molecule has 0 aliphatic heterocycles. The molecule has 0 aromatic heterocycles. The summed E-state index contributed by atoms with van der Waals surface area (Å²) >= 11 is 0. The van der Waals surface area contributed by atoms with Crippen molar-refractivity contribution in [1.82, 2.24) is 0 Å². The molecule has 0 radical (unpaired) electrons. The molecule has 0 spiro atoms. The minimum atomic E-state index is 1.14. The first-order chi connectivity index (χ1) is 6.69. The quantitative estimate of drug-likeness (QED) is 0.693. The van der Waals surface area contributed by atoms with Gasteiger partial charge in [0.1, 0.15) is 0 Å². The summed E-state index contributed by atoms with van der Waals surface area (Å²) in [6.07, 6.45) is 3.69. The molecular formula is C13H18O. The van der Waals surface area contributed by atoms with Gasteiger partial charge in [-0.25, -0.2) is 0 Å². The summed E-state index contributed by atoms with van der Waals surface area (Å²) in [5.41, 5.74) is 3.55. The van der Waals surface area contributed by atoms with E-state index < -0.39 is 0 Å². The van der Waals surface area contributed by atoms with E-state index in [-0.39, 0.29) is 0 Å². The molecule has 0 unspecified atom stereocenters. The van der Waals surface area contributed by atoms with Crippen molar-refractivity contribution in [2.75, 3.05) is 14.2 Å². The molecule has 1 aromatic carbocycles. The number of benzene rings is 1. The van der Waals surface area contributed by atoms with E-state index in [1.165, 1.54) is 5.56 Å². The van der Waals surface area contributed by atoms with Crippen LogP contribution in [0.1, 0.15) is 16.7 Å². The molecule has 0 N–H and O–H groups in total. The highest BCUT2D eigenvalue weighted by molar-refractivity contribution is 5.64. The van der Waals surface area contributed by atoms with Crippen LogP contribution in [0.3, 0.4) is 0 Å². The molecule has 0 heterocycles. The topological polar surface area (TPSA) is 9.23 Å². The van der Waals surface area contributed by atoms with E-state index in [1.807, 2.05) is 12.2 Å². The number of hydrogen-bond acceptors (Lipinski definition) is 1. The van der Waals surface area contributed by atoms with Crippen LogP contribution in [0, 0.1) is 6.92 Å². The molecule has 0 saturated heterocycles. The zero-order valence-corrected chi connectivity index (χ0v) is 9.21. The Labute approximate surface area is 86.7 Å². The Balaban J connectivity index is 0.000000500. The average Bonchev–Trinajstić information content (AvgIpc) is 2.19. The monoisotopic (exact) mass is 190 g/mol. The number of hydrogen-bond donors (Lipinski definition) is 0. The fourth-order valence-corrected chi connectivity index (χ4v) is 1.06. The minimum absolute atomic E-state index is 1.14. The van der Waals surface area contributed by atoms with Gasteiger partial charge in [0.2, 0.25) is 0 Å². The standard InChI is InChI=1S/C11H12.C2H6O/c1-4-10-7-6-9(3)8-11(10)5-2;1-3-2/h4-8H,1-2H2,3H3;1-2H3. The van der Waals surface area contributed by atoms with Gasteiger partial charge in [0.05, 0.1) is 0 Å². The van der Waals surface area contributed by atoms with Gasteiger partial charge in [-0.15, -0.1) is 0 Å². The minimum Gasteiger partial charge on any atom is -0.388 e. The Morgan fingerprint density at radius 1 is 1.07 bits per heavy atom. The summed E-state index contributed by atoms with van der Waals surface area (Å²) in [6.45, 7) is 9.52. The molecule has 1 rings (SSSR count). The Hall–Kier alpha value is -1.34. The number of ether oxygens (including phenoxy) is 1. The van der Waals surface area contributed by atoms with Crippen molar-refractivity contribution in [2.24, 2.45) is 0 Å². The molecular weight excluding hydrogens is 172 g/mol. The van der Waals surface area contributed by atoms with Crippen LogP contribution in [0.15, 0.2) is 31.4 Å². The van der Waals surface area contributed by atoms with E-state index in [2.05, 4.69) is 43.0 Å². The van der Waals surface area contributed by atoms with Gasteiger partial charge in [-0.3, -0.25) is 0 Å². The van der Waals surface area contributed by atoms with Crippen molar-refractivity contribution in [3.05, 3.63) is 48.0 Å². The molecule has 0 saturated carbocycles. The fraction of sp³-hybridized carbons (Fsp3) is 0.231. The van der Waals surface area contributed by atoms with E-state index in [1.54, 1.807) is 14.2 Å². The molecule has 76 valence electrons. The summed E-state index contributed by atoms with van der Waals surface area (Å²) in [6, 6.07) is 6.23. The molecule has 0 fully saturated rings. The SMILES string of the molecule is C=Cc1ccc(C)cc1C=C.COC. The third-order valence-corrected chi connectivity index (χ3v) is 1.68. The van der Waals surface area contributed by atoms with Crippen LogP contribution in [-0.2, 0) is 4.74 Å². The van der Waals surface area contributed by atoms with Crippen molar-refractivity contribution in [3.63, 3.8) is 0 Å². The van der Waals surface area contributed by atoms with Crippen LogP contribution in [0.25, 0.3) is 12.2 Å².